The van der Waals surface area contributed by atoms with Crippen LogP contribution in [-0.2, 0) is 4.79 Å². The number of hydrogen-bond donors (Lipinski definition) is 3. The zero-order valence-corrected chi connectivity index (χ0v) is 18.0. The summed E-state index contributed by atoms with van der Waals surface area (Å²) in [4.78, 5) is 37.7. The third kappa shape index (κ3) is 5.67. The van der Waals surface area contributed by atoms with Crippen LogP contribution >= 0.6 is 15.9 Å². The molecule has 3 N–H and O–H groups in total. The molecule has 1 saturated carbocycles. The van der Waals surface area contributed by atoms with Gasteiger partial charge in [-0.1, -0.05) is 32.0 Å². The van der Waals surface area contributed by atoms with E-state index < -0.39 is 6.04 Å². The van der Waals surface area contributed by atoms with Crippen LogP contribution < -0.4 is 16.0 Å². The molecule has 0 unspecified atom stereocenters. The van der Waals surface area contributed by atoms with Gasteiger partial charge < -0.3 is 16.0 Å². The van der Waals surface area contributed by atoms with Crippen LogP contribution in [-0.4, -0.2) is 29.8 Å². The standard InChI is InChI=1S/C22H24BrN3O3/c1-13(2)19(26-21(28)17-8-3-4-9-18(17)23)22(29)25-16-7-5-6-14(12-16)20(27)24-15-10-11-15/h3-9,12-13,15,19H,10-11H2,1-2H3,(H,24,27)(H,25,29)(H,26,28)/t19-/m1/s1. The normalized spacial score (nSPS) is 14.2. The minimum absolute atomic E-state index is 0.122. The van der Waals surface area contributed by atoms with Crippen molar-refractivity contribution in [2.75, 3.05) is 5.32 Å². The van der Waals surface area contributed by atoms with Crippen LogP contribution in [0.1, 0.15) is 47.4 Å². The molecule has 0 aromatic heterocycles. The van der Waals surface area contributed by atoms with Crippen LogP contribution in [0.15, 0.2) is 53.0 Å². The van der Waals surface area contributed by atoms with Gasteiger partial charge in [-0.15, -0.1) is 0 Å². The largest absolute Gasteiger partial charge is 0.349 e. The van der Waals surface area contributed by atoms with Crippen molar-refractivity contribution in [3.05, 3.63) is 64.1 Å². The van der Waals surface area contributed by atoms with E-state index in [0.29, 0.717) is 21.3 Å². The highest BCUT2D eigenvalue weighted by molar-refractivity contribution is 9.10. The maximum atomic E-state index is 12.8. The molecule has 1 atom stereocenters. The molecule has 0 radical (unpaired) electrons. The summed E-state index contributed by atoms with van der Waals surface area (Å²) in [5, 5.41) is 8.55. The van der Waals surface area contributed by atoms with E-state index in [4.69, 9.17) is 0 Å². The molecule has 1 aliphatic rings. The van der Waals surface area contributed by atoms with E-state index >= 15 is 0 Å². The zero-order chi connectivity index (χ0) is 21.0. The van der Waals surface area contributed by atoms with Crippen molar-refractivity contribution in [2.24, 2.45) is 5.92 Å². The molecule has 0 spiro atoms. The molecule has 2 aromatic rings. The number of carbonyl (C=O) groups excluding carboxylic acids is 3. The minimum Gasteiger partial charge on any atom is -0.349 e. The van der Waals surface area contributed by atoms with Gasteiger partial charge in [0.05, 0.1) is 5.56 Å². The minimum atomic E-state index is -0.724. The molecule has 152 valence electrons. The number of benzene rings is 2. The first-order valence-corrected chi connectivity index (χ1v) is 10.4. The molecule has 0 saturated heterocycles. The first-order valence-electron chi connectivity index (χ1n) is 9.62. The lowest BCUT2D eigenvalue weighted by molar-refractivity contribution is -0.118. The number of amides is 3. The van der Waals surface area contributed by atoms with Gasteiger partial charge in [0.2, 0.25) is 5.91 Å². The van der Waals surface area contributed by atoms with Crippen LogP contribution in [0.3, 0.4) is 0 Å². The van der Waals surface area contributed by atoms with Crippen molar-refractivity contribution in [1.29, 1.82) is 0 Å². The van der Waals surface area contributed by atoms with Crippen LogP contribution in [0, 0.1) is 5.92 Å². The SMILES string of the molecule is CC(C)[C@@H](NC(=O)c1ccccc1Br)C(=O)Nc1cccc(C(=O)NC2CC2)c1. The van der Waals surface area contributed by atoms with Gasteiger partial charge >= 0.3 is 0 Å². The smallest absolute Gasteiger partial charge is 0.253 e. The third-order valence-corrected chi connectivity index (χ3v) is 5.35. The fourth-order valence-electron chi connectivity index (χ4n) is 2.85. The second kappa shape index (κ2) is 9.22. The first-order chi connectivity index (χ1) is 13.8. The predicted octanol–water partition coefficient (Wildman–Crippen LogP) is 3.73. The second-order valence-corrected chi connectivity index (χ2v) is 8.35. The van der Waals surface area contributed by atoms with Crippen LogP contribution in [0.5, 0.6) is 0 Å². The van der Waals surface area contributed by atoms with Gasteiger partial charge in [0.1, 0.15) is 6.04 Å². The summed E-state index contributed by atoms with van der Waals surface area (Å²) in [5.41, 5.74) is 1.47. The van der Waals surface area contributed by atoms with Gasteiger partial charge in [-0.3, -0.25) is 14.4 Å². The Bertz CT molecular complexity index is 925. The topological polar surface area (TPSA) is 87.3 Å². The fourth-order valence-corrected chi connectivity index (χ4v) is 3.32. The van der Waals surface area contributed by atoms with Crippen LogP contribution in [0.4, 0.5) is 5.69 Å². The fraction of sp³-hybridized carbons (Fsp3) is 0.318. The second-order valence-electron chi connectivity index (χ2n) is 7.49. The molecule has 3 rings (SSSR count). The third-order valence-electron chi connectivity index (χ3n) is 4.66. The monoisotopic (exact) mass is 457 g/mol. The van der Waals surface area contributed by atoms with Crippen molar-refractivity contribution in [1.82, 2.24) is 10.6 Å². The van der Waals surface area contributed by atoms with Gasteiger partial charge in [0, 0.05) is 21.8 Å². The molecular weight excluding hydrogens is 434 g/mol. The Balaban J connectivity index is 1.69. The molecule has 1 fully saturated rings. The Morgan fingerprint density at radius 3 is 2.38 bits per heavy atom. The molecule has 29 heavy (non-hydrogen) atoms. The van der Waals surface area contributed by atoms with Crippen LogP contribution in [0.2, 0.25) is 0 Å². The van der Waals surface area contributed by atoms with E-state index in [1.54, 1.807) is 42.5 Å². The summed E-state index contributed by atoms with van der Waals surface area (Å²) in [6.07, 6.45) is 2.02. The molecule has 7 heteroatoms. The number of halogens is 1. The van der Waals surface area contributed by atoms with Gasteiger partial charge in [0.25, 0.3) is 11.8 Å². The number of carbonyl (C=O) groups is 3. The van der Waals surface area contributed by atoms with Crippen molar-refractivity contribution in [3.8, 4) is 0 Å². The van der Waals surface area contributed by atoms with E-state index in [0.717, 1.165) is 12.8 Å². The lowest BCUT2D eigenvalue weighted by atomic mass is 10.0. The lowest BCUT2D eigenvalue weighted by Crippen LogP contribution is -2.47. The molecule has 0 bridgehead atoms. The summed E-state index contributed by atoms with van der Waals surface area (Å²) >= 11 is 3.36. The van der Waals surface area contributed by atoms with Gasteiger partial charge in [-0.25, -0.2) is 0 Å². The summed E-state index contributed by atoms with van der Waals surface area (Å²) < 4.78 is 0.662. The Morgan fingerprint density at radius 1 is 1.00 bits per heavy atom. The molecule has 3 amide bonds. The van der Waals surface area contributed by atoms with Crippen molar-refractivity contribution in [3.63, 3.8) is 0 Å². The zero-order valence-electron chi connectivity index (χ0n) is 16.4. The van der Waals surface area contributed by atoms with E-state index in [1.807, 2.05) is 19.9 Å². The Hall–Kier alpha value is -2.67. The highest BCUT2D eigenvalue weighted by Crippen LogP contribution is 2.20. The highest BCUT2D eigenvalue weighted by atomic mass is 79.9. The van der Waals surface area contributed by atoms with Crippen molar-refractivity contribution < 1.29 is 14.4 Å². The molecule has 0 aliphatic heterocycles. The molecule has 0 heterocycles. The number of nitrogens with one attached hydrogen (secondary N) is 3. The summed E-state index contributed by atoms with van der Waals surface area (Å²) in [6.45, 7) is 3.73. The molecular formula is C22H24BrN3O3. The predicted molar refractivity (Wildman–Crippen MR) is 116 cm³/mol. The summed E-state index contributed by atoms with van der Waals surface area (Å²) in [7, 11) is 0. The Morgan fingerprint density at radius 2 is 1.72 bits per heavy atom. The van der Waals surface area contributed by atoms with E-state index in [1.165, 1.54) is 0 Å². The average Bonchev–Trinajstić information content (AvgIpc) is 3.50. The molecule has 1 aliphatic carbocycles. The Labute approximate surface area is 178 Å². The number of hydrogen-bond acceptors (Lipinski definition) is 3. The highest BCUT2D eigenvalue weighted by Gasteiger charge is 2.26. The van der Waals surface area contributed by atoms with E-state index in [2.05, 4.69) is 31.9 Å². The summed E-state index contributed by atoms with van der Waals surface area (Å²) in [5.74, 6) is -0.932. The number of anilines is 1. The van der Waals surface area contributed by atoms with Gasteiger partial charge in [-0.05, 0) is 65.0 Å². The molecule has 2 aromatic carbocycles. The Kier molecular flexibility index (Phi) is 6.69. The van der Waals surface area contributed by atoms with Crippen molar-refractivity contribution >= 4 is 39.3 Å². The van der Waals surface area contributed by atoms with Crippen molar-refractivity contribution in [2.45, 2.75) is 38.8 Å². The maximum absolute atomic E-state index is 12.8. The average molecular weight is 458 g/mol. The lowest BCUT2D eigenvalue weighted by Gasteiger charge is -2.22. The summed E-state index contributed by atoms with van der Waals surface area (Å²) in [6, 6.07) is 13.4. The molecule has 6 nitrogen and oxygen atoms in total. The van der Waals surface area contributed by atoms with Gasteiger partial charge in [-0.2, -0.15) is 0 Å². The maximum Gasteiger partial charge on any atom is 0.253 e. The van der Waals surface area contributed by atoms with E-state index in [-0.39, 0.29) is 29.7 Å². The van der Waals surface area contributed by atoms with E-state index in [9.17, 15) is 14.4 Å². The quantitative estimate of drug-likeness (QED) is 0.591. The van der Waals surface area contributed by atoms with Crippen LogP contribution in [0.25, 0.3) is 0 Å². The first kappa shape index (κ1) is 21.0. The van der Waals surface area contributed by atoms with Gasteiger partial charge in [0.15, 0.2) is 0 Å². The number of rotatable bonds is 7.